The Hall–Kier alpha value is -4.51. The molecule has 0 aliphatic heterocycles. The van der Waals surface area contributed by atoms with Gasteiger partial charge < -0.3 is 9.84 Å². The standard InChI is InChI=1S/C19H18BrP.C12H10BrNO2.C12H10BrN.C11H8BrN.C10H6BrNO.C4H9O.K/c1-21(20,17-11-5-2-6-12-17,18-13-7-3-8-14-18)19-15-9-4-10-16-19;1-2-16-12(15)9-6-8-4-3-5-14-11(8)10(13)7-9;13-11-7-10(8-3-4-8)6-9-2-1-5-14-12(9)11;1-2-8-6-9-4-3-5-13-11(9)10(12)7-8;11-9-5-7(6-13)4-8-2-1-3-12-10(8)9;1-4(2,3)5;/h2-16H,1H3;3-7H,2H2,1H3;1-2,5-8H,3-4H2;2-7H,1H2;1-6H;1-3H3;/q;;;;;-1;+1. The number of pyridine rings is 4. The molecule has 4 heterocycles. The van der Waals surface area contributed by atoms with Gasteiger partial charge in [0.05, 0.1) is 34.2 Å². The number of hydrogen-bond donors (Lipinski definition) is 0. The number of rotatable bonds is 8. The topological polar surface area (TPSA) is 118 Å². The van der Waals surface area contributed by atoms with Gasteiger partial charge in [0.15, 0.2) is 0 Å². The Kier molecular flexibility index (Phi) is 25.9. The van der Waals surface area contributed by atoms with Crippen molar-refractivity contribution in [1.82, 2.24) is 19.9 Å². The smallest absolute Gasteiger partial charge is 0.298 e. The number of nitrogens with zero attached hydrogens (tertiary/aromatic N) is 4. The van der Waals surface area contributed by atoms with Gasteiger partial charge in [0.2, 0.25) is 0 Å². The molecule has 0 spiro atoms. The summed E-state index contributed by atoms with van der Waals surface area (Å²) >= 11 is 18.1. The van der Waals surface area contributed by atoms with Gasteiger partial charge in [0, 0.05) is 69.8 Å². The summed E-state index contributed by atoms with van der Waals surface area (Å²) in [5.74, 6) is 0.491. The summed E-state index contributed by atoms with van der Waals surface area (Å²) < 4.78 is 8.74. The van der Waals surface area contributed by atoms with Gasteiger partial charge in [0.25, 0.3) is 0 Å². The molecular formula is C68H61Br5KN4O4P. The van der Waals surface area contributed by atoms with Crippen LogP contribution in [0.1, 0.15) is 78.3 Å². The fraction of sp³-hybridized carbons (Fsp3) is 0.147. The zero-order chi connectivity index (χ0) is 58.9. The molecule has 7 aromatic carbocycles. The first-order chi connectivity index (χ1) is 39.3. The predicted molar refractivity (Wildman–Crippen MR) is 361 cm³/mol. The van der Waals surface area contributed by atoms with Crippen LogP contribution in [0.25, 0.3) is 49.7 Å². The minimum absolute atomic E-state index is 0. The van der Waals surface area contributed by atoms with Crippen LogP contribution in [0.4, 0.5) is 0 Å². The number of ether oxygens (including phenoxy) is 1. The molecule has 0 radical (unpaired) electrons. The normalized spacial score (nSPS) is 12.0. The number of carbonyl (C=O) groups excluding carboxylic acids is 2. The third-order valence-electron chi connectivity index (χ3n) is 12.7. The molecule has 15 heteroatoms. The van der Waals surface area contributed by atoms with E-state index < -0.39 is 10.9 Å². The molecule has 418 valence electrons. The number of benzene rings is 7. The molecule has 1 aliphatic rings. The first kappa shape index (κ1) is 67.6. The zero-order valence-electron chi connectivity index (χ0n) is 47.0. The number of esters is 1. The number of carbonyl (C=O) groups is 2. The van der Waals surface area contributed by atoms with E-state index in [1.807, 2.05) is 66.9 Å². The molecule has 1 aliphatic carbocycles. The van der Waals surface area contributed by atoms with Crippen LogP contribution < -0.4 is 72.4 Å². The summed E-state index contributed by atoms with van der Waals surface area (Å²) in [5, 5.41) is 15.8. The molecule has 0 bridgehead atoms. The van der Waals surface area contributed by atoms with Crippen molar-refractivity contribution in [3.63, 3.8) is 0 Å². The monoisotopic (exact) mass is 1460 g/mol. The molecule has 0 N–H and O–H groups in total. The largest absolute Gasteiger partial charge is 1.00 e. The first-order valence-corrected chi connectivity index (χ1v) is 34.2. The van der Waals surface area contributed by atoms with Crippen LogP contribution >= 0.6 is 84.5 Å². The third-order valence-corrected chi connectivity index (χ3v) is 23.4. The van der Waals surface area contributed by atoms with Crippen LogP contribution in [-0.2, 0) is 4.74 Å². The van der Waals surface area contributed by atoms with E-state index in [1.165, 1.54) is 39.7 Å². The van der Waals surface area contributed by atoms with Crippen molar-refractivity contribution in [3.05, 3.63) is 260 Å². The van der Waals surface area contributed by atoms with Crippen molar-refractivity contribution in [2.24, 2.45) is 0 Å². The van der Waals surface area contributed by atoms with Crippen LogP contribution in [0.2, 0.25) is 0 Å². The van der Waals surface area contributed by atoms with E-state index in [-0.39, 0.29) is 57.4 Å². The van der Waals surface area contributed by atoms with Crippen LogP contribution in [-0.4, -0.2) is 51.1 Å². The van der Waals surface area contributed by atoms with Crippen LogP contribution in [0.15, 0.2) is 237 Å². The van der Waals surface area contributed by atoms with Crippen molar-refractivity contribution in [2.45, 2.75) is 52.1 Å². The average Bonchev–Trinajstić information content (AvgIpc) is 4.18. The second kappa shape index (κ2) is 31.8. The van der Waals surface area contributed by atoms with E-state index in [0.29, 0.717) is 17.7 Å². The van der Waals surface area contributed by atoms with E-state index in [4.69, 9.17) is 4.74 Å². The Labute approximate surface area is 571 Å². The Bertz CT molecular complexity index is 3770. The van der Waals surface area contributed by atoms with E-state index in [9.17, 15) is 14.7 Å². The fourth-order valence-electron chi connectivity index (χ4n) is 8.62. The molecule has 12 rings (SSSR count). The molecule has 4 aromatic heterocycles. The van der Waals surface area contributed by atoms with Crippen LogP contribution in [0, 0.1) is 0 Å². The molecule has 0 atom stereocenters. The Morgan fingerprint density at radius 2 is 0.916 bits per heavy atom. The number of aromatic nitrogens is 4. The number of fused-ring (bicyclic) bond motifs is 4. The molecule has 0 unspecified atom stereocenters. The summed E-state index contributed by atoms with van der Waals surface area (Å²) in [5.41, 5.74) is 6.79. The molecule has 8 nitrogen and oxygen atoms in total. The molecule has 1 saturated carbocycles. The minimum Gasteiger partial charge on any atom is -0.298 e. The van der Waals surface area contributed by atoms with Crippen molar-refractivity contribution in [2.75, 3.05) is 13.3 Å². The number of hydrogen-bond acceptors (Lipinski definition) is 8. The molecule has 1 fully saturated rings. The number of halogens is 5. The Morgan fingerprint density at radius 1 is 0.566 bits per heavy atom. The van der Waals surface area contributed by atoms with E-state index in [2.05, 4.69) is 228 Å². The van der Waals surface area contributed by atoms with Crippen LogP contribution in [0.5, 0.6) is 0 Å². The molecule has 0 saturated heterocycles. The van der Waals surface area contributed by atoms with Crippen LogP contribution in [0.3, 0.4) is 0 Å². The third kappa shape index (κ3) is 18.7. The quantitative estimate of drug-likeness (QED) is 0.0639. The van der Waals surface area contributed by atoms with Crippen molar-refractivity contribution < 1.29 is 70.8 Å². The Balaban J connectivity index is 0.000000164. The van der Waals surface area contributed by atoms with E-state index in [0.717, 1.165) is 73.9 Å². The predicted octanol–water partition coefficient (Wildman–Crippen LogP) is 15.1. The summed E-state index contributed by atoms with van der Waals surface area (Å²) in [4.78, 5) is 39.2. The van der Waals surface area contributed by atoms with Gasteiger partial charge in [-0.05, 0) is 173 Å². The van der Waals surface area contributed by atoms with Gasteiger partial charge >= 0.3 is 192 Å². The SMILES string of the molecule is Brc1cc(C2CC2)cc2cccnc12.C=Cc1cc(Br)c2ncccc2c1.CC(C)(C)[O-].CCOC(=O)c1cc(Br)c2ncccc2c1.CP(Br)(c1ccccc1)(c1ccccc1)c1ccccc1.O=Cc1cc(Br)c2ncccc2c1.[K+]. The molecular weight excluding hydrogens is 1410 g/mol. The van der Waals surface area contributed by atoms with Crippen molar-refractivity contribution >= 4 is 162 Å². The van der Waals surface area contributed by atoms with E-state index in [1.54, 1.807) is 64.5 Å². The average molecular weight is 1470 g/mol. The summed E-state index contributed by atoms with van der Waals surface area (Å²) in [6.45, 7) is 13.2. The molecule has 83 heavy (non-hydrogen) atoms. The summed E-state index contributed by atoms with van der Waals surface area (Å²) in [6, 6.07) is 63.6. The fourth-order valence-corrected chi connectivity index (χ4v) is 16.7. The summed E-state index contributed by atoms with van der Waals surface area (Å²) in [7, 11) is 0. The maximum Gasteiger partial charge on any atom is 1.00 e. The second-order valence-corrected chi connectivity index (χ2v) is 33.3. The van der Waals surface area contributed by atoms with E-state index >= 15 is 0 Å². The van der Waals surface area contributed by atoms with Gasteiger partial charge in [-0.1, -0.05) is 57.7 Å². The minimum atomic E-state index is -2.56. The van der Waals surface area contributed by atoms with Crippen molar-refractivity contribution in [1.29, 1.82) is 0 Å². The zero-order valence-corrected chi connectivity index (χ0v) is 59.0. The molecule has 0 amide bonds. The maximum atomic E-state index is 11.6. The Morgan fingerprint density at radius 3 is 1.29 bits per heavy atom. The summed E-state index contributed by atoms with van der Waals surface area (Å²) in [6.07, 6.45) is 12.4. The van der Waals surface area contributed by atoms with Gasteiger partial charge in [-0.2, -0.15) is 0 Å². The van der Waals surface area contributed by atoms with Gasteiger partial charge in [-0.25, -0.2) is 4.79 Å². The second-order valence-electron chi connectivity index (χ2n) is 20.1. The van der Waals surface area contributed by atoms with Gasteiger partial charge in [0.1, 0.15) is 6.29 Å². The van der Waals surface area contributed by atoms with Crippen molar-refractivity contribution in [3.8, 4) is 0 Å². The van der Waals surface area contributed by atoms with Gasteiger partial charge in [-0.15, -0.1) is 5.60 Å². The number of aldehydes is 1. The molecule has 11 aromatic rings. The van der Waals surface area contributed by atoms with Gasteiger partial charge in [-0.3, -0.25) is 24.7 Å². The first-order valence-electron chi connectivity index (χ1n) is 26.3. The maximum absolute atomic E-state index is 11.6.